The maximum Gasteiger partial charge on any atom is 0.152 e. The zero-order valence-electron chi connectivity index (χ0n) is 12.0. The summed E-state index contributed by atoms with van der Waals surface area (Å²) in [6.45, 7) is 1.59. The third-order valence-electron chi connectivity index (χ3n) is 4.71. The second-order valence-electron chi connectivity index (χ2n) is 6.06. The topological polar surface area (TPSA) is 25.4 Å². The lowest BCUT2D eigenvalue weighted by molar-refractivity contribution is 0.0413. The lowest BCUT2D eigenvalue weighted by Gasteiger charge is -2.37. The standard InChI is InChI=1S/C17H19ClN2O/c18-15-9-12-10-20(13-5-2-1-3-6-13)11-21-17(12)16-14(15)7-4-8-19-16/h4,7-9,13H,1-3,5-6,10-11H2. The molecule has 0 unspecified atom stereocenters. The summed E-state index contributed by atoms with van der Waals surface area (Å²) in [6.07, 6.45) is 8.44. The van der Waals surface area contributed by atoms with Crippen molar-refractivity contribution in [3.63, 3.8) is 0 Å². The van der Waals surface area contributed by atoms with Crippen molar-refractivity contribution in [3.8, 4) is 5.75 Å². The highest BCUT2D eigenvalue weighted by atomic mass is 35.5. The predicted octanol–water partition coefficient (Wildman–Crippen LogP) is 4.37. The molecule has 1 saturated carbocycles. The second kappa shape index (κ2) is 5.47. The maximum absolute atomic E-state index is 6.41. The first kappa shape index (κ1) is 13.4. The average Bonchev–Trinajstić information content (AvgIpc) is 2.55. The zero-order chi connectivity index (χ0) is 14.2. The van der Waals surface area contributed by atoms with Crippen molar-refractivity contribution in [1.82, 2.24) is 9.88 Å². The molecule has 0 bridgehead atoms. The first-order valence-electron chi connectivity index (χ1n) is 7.76. The number of hydrogen-bond acceptors (Lipinski definition) is 3. The summed E-state index contributed by atoms with van der Waals surface area (Å²) in [5, 5.41) is 1.75. The van der Waals surface area contributed by atoms with Gasteiger partial charge in [-0.15, -0.1) is 0 Å². The summed E-state index contributed by atoms with van der Waals surface area (Å²) in [5.41, 5.74) is 2.06. The maximum atomic E-state index is 6.41. The molecule has 1 aromatic heterocycles. The van der Waals surface area contributed by atoms with Gasteiger partial charge in [0, 0.05) is 29.7 Å². The van der Waals surface area contributed by atoms with Crippen LogP contribution in [0.5, 0.6) is 5.75 Å². The van der Waals surface area contributed by atoms with Gasteiger partial charge < -0.3 is 4.74 Å². The van der Waals surface area contributed by atoms with Gasteiger partial charge in [0.25, 0.3) is 0 Å². The lowest BCUT2D eigenvalue weighted by atomic mass is 9.94. The van der Waals surface area contributed by atoms with E-state index in [4.69, 9.17) is 16.3 Å². The van der Waals surface area contributed by atoms with E-state index in [0.717, 1.165) is 28.2 Å². The van der Waals surface area contributed by atoms with Crippen LogP contribution in [-0.4, -0.2) is 22.7 Å². The number of halogens is 1. The van der Waals surface area contributed by atoms with Crippen LogP contribution >= 0.6 is 11.6 Å². The van der Waals surface area contributed by atoms with Crippen LogP contribution in [0.4, 0.5) is 0 Å². The van der Waals surface area contributed by atoms with E-state index in [1.165, 1.54) is 37.7 Å². The fourth-order valence-corrected chi connectivity index (χ4v) is 3.88. The van der Waals surface area contributed by atoms with Crippen molar-refractivity contribution in [3.05, 3.63) is 35.0 Å². The Labute approximate surface area is 129 Å². The predicted molar refractivity (Wildman–Crippen MR) is 84.7 cm³/mol. The van der Waals surface area contributed by atoms with Crippen LogP contribution in [0.2, 0.25) is 5.02 Å². The summed E-state index contributed by atoms with van der Waals surface area (Å²) >= 11 is 6.41. The third-order valence-corrected chi connectivity index (χ3v) is 5.02. The molecule has 21 heavy (non-hydrogen) atoms. The number of ether oxygens (including phenoxy) is 1. The first-order chi connectivity index (χ1) is 10.3. The summed E-state index contributed by atoms with van der Waals surface area (Å²) in [5.74, 6) is 0.919. The van der Waals surface area contributed by atoms with Crippen LogP contribution in [0, 0.1) is 0 Å². The van der Waals surface area contributed by atoms with Crippen LogP contribution in [0.15, 0.2) is 24.4 Å². The Morgan fingerprint density at radius 3 is 2.95 bits per heavy atom. The third kappa shape index (κ3) is 2.39. The fourth-order valence-electron chi connectivity index (χ4n) is 3.60. The van der Waals surface area contributed by atoms with Crippen molar-refractivity contribution < 1.29 is 4.74 Å². The Bertz CT molecular complexity index is 667. The minimum absolute atomic E-state index is 0.658. The molecule has 0 atom stereocenters. The number of nitrogens with zero attached hydrogens (tertiary/aromatic N) is 2. The van der Waals surface area contributed by atoms with Crippen LogP contribution in [-0.2, 0) is 6.54 Å². The van der Waals surface area contributed by atoms with Gasteiger partial charge in [-0.2, -0.15) is 0 Å². The van der Waals surface area contributed by atoms with Crippen molar-refractivity contribution in [2.24, 2.45) is 0 Å². The molecule has 0 radical (unpaired) electrons. The monoisotopic (exact) mass is 302 g/mol. The molecule has 4 heteroatoms. The van der Waals surface area contributed by atoms with E-state index < -0.39 is 0 Å². The van der Waals surface area contributed by atoms with Crippen LogP contribution in [0.25, 0.3) is 10.9 Å². The van der Waals surface area contributed by atoms with Crippen molar-refractivity contribution in [2.45, 2.75) is 44.7 Å². The smallest absolute Gasteiger partial charge is 0.152 e. The molecule has 110 valence electrons. The number of rotatable bonds is 1. The minimum atomic E-state index is 0.658. The van der Waals surface area contributed by atoms with Crippen molar-refractivity contribution in [2.75, 3.05) is 6.73 Å². The molecule has 2 aliphatic rings. The fraction of sp³-hybridized carbons (Fsp3) is 0.471. The van der Waals surface area contributed by atoms with Crippen molar-refractivity contribution in [1.29, 1.82) is 0 Å². The Kier molecular flexibility index (Phi) is 3.48. The molecule has 0 amide bonds. The highest BCUT2D eigenvalue weighted by Gasteiger charge is 2.27. The first-order valence-corrected chi connectivity index (χ1v) is 8.13. The SMILES string of the molecule is Clc1cc2c(c3ncccc13)OCN(C1CCCCC1)C2. The van der Waals surface area contributed by atoms with Crippen LogP contribution in [0.3, 0.4) is 0 Å². The van der Waals surface area contributed by atoms with Gasteiger partial charge in [-0.1, -0.05) is 30.9 Å². The van der Waals surface area contributed by atoms with Gasteiger partial charge in [0.15, 0.2) is 5.75 Å². The molecule has 0 N–H and O–H groups in total. The van der Waals surface area contributed by atoms with Crippen LogP contribution < -0.4 is 4.74 Å². The zero-order valence-corrected chi connectivity index (χ0v) is 12.8. The highest BCUT2D eigenvalue weighted by Crippen LogP contribution is 2.38. The number of benzene rings is 1. The van der Waals surface area contributed by atoms with E-state index in [1.54, 1.807) is 6.20 Å². The average molecular weight is 303 g/mol. The Morgan fingerprint density at radius 1 is 1.24 bits per heavy atom. The molecule has 1 aliphatic heterocycles. The van der Waals surface area contributed by atoms with Gasteiger partial charge in [0.05, 0.1) is 5.02 Å². The van der Waals surface area contributed by atoms with E-state index >= 15 is 0 Å². The lowest BCUT2D eigenvalue weighted by Crippen LogP contribution is -2.41. The molecule has 1 fully saturated rings. The molecule has 1 aliphatic carbocycles. The molecular weight excluding hydrogens is 284 g/mol. The van der Waals surface area contributed by atoms with Gasteiger partial charge in [-0.25, -0.2) is 0 Å². The van der Waals surface area contributed by atoms with Gasteiger partial charge in [-0.3, -0.25) is 9.88 Å². The largest absolute Gasteiger partial charge is 0.475 e. The van der Waals surface area contributed by atoms with Gasteiger partial charge in [0.1, 0.15) is 12.2 Å². The normalized spacial score (nSPS) is 20.2. The molecule has 0 saturated heterocycles. The second-order valence-corrected chi connectivity index (χ2v) is 6.47. The summed E-state index contributed by atoms with van der Waals surface area (Å²) in [7, 11) is 0. The molecule has 4 rings (SSSR count). The van der Waals surface area contributed by atoms with E-state index in [-0.39, 0.29) is 0 Å². The van der Waals surface area contributed by atoms with E-state index in [0.29, 0.717) is 12.8 Å². The minimum Gasteiger partial charge on any atom is -0.475 e. The number of pyridine rings is 1. The quantitative estimate of drug-likeness (QED) is 0.782. The molecule has 2 aromatic rings. The van der Waals surface area contributed by atoms with Crippen LogP contribution in [0.1, 0.15) is 37.7 Å². The Hall–Kier alpha value is -1.32. The Morgan fingerprint density at radius 2 is 2.10 bits per heavy atom. The molecule has 1 aromatic carbocycles. The summed E-state index contributed by atoms with van der Waals surface area (Å²) in [4.78, 5) is 6.92. The molecule has 2 heterocycles. The number of aromatic nitrogens is 1. The highest BCUT2D eigenvalue weighted by molar-refractivity contribution is 6.35. The van der Waals surface area contributed by atoms with Gasteiger partial charge >= 0.3 is 0 Å². The van der Waals surface area contributed by atoms with Crippen molar-refractivity contribution >= 4 is 22.5 Å². The van der Waals surface area contributed by atoms with E-state index in [9.17, 15) is 0 Å². The molecule has 3 nitrogen and oxygen atoms in total. The van der Waals surface area contributed by atoms with Gasteiger partial charge in [0.2, 0.25) is 0 Å². The van der Waals surface area contributed by atoms with E-state index in [1.807, 2.05) is 12.1 Å². The van der Waals surface area contributed by atoms with Gasteiger partial charge in [-0.05, 0) is 31.0 Å². The Balaban J connectivity index is 1.69. The molecular formula is C17H19ClN2O. The number of hydrogen-bond donors (Lipinski definition) is 0. The summed E-state index contributed by atoms with van der Waals surface area (Å²) in [6, 6.07) is 6.63. The molecule has 0 spiro atoms. The van der Waals surface area contributed by atoms with E-state index in [2.05, 4.69) is 16.0 Å². The number of fused-ring (bicyclic) bond motifs is 3. The summed E-state index contributed by atoms with van der Waals surface area (Å²) < 4.78 is 6.06.